The van der Waals surface area contributed by atoms with Crippen LogP contribution in [0.4, 0.5) is 18.9 Å². The van der Waals surface area contributed by atoms with Gasteiger partial charge in [0.25, 0.3) is 5.91 Å². The minimum absolute atomic E-state index is 0.162. The van der Waals surface area contributed by atoms with E-state index in [2.05, 4.69) is 19.2 Å². The molecule has 0 aliphatic heterocycles. The van der Waals surface area contributed by atoms with Gasteiger partial charge in [-0.2, -0.15) is 0 Å². The van der Waals surface area contributed by atoms with E-state index < -0.39 is 23.4 Å². The molecule has 3 rings (SSSR count). The summed E-state index contributed by atoms with van der Waals surface area (Å²) in [6.45, 7) is 5.10. The number of thioether (sulfide) groups is 1. The number of amides is 1. The molecule has 1 amide bonds. The van der Waals surface area contributed by atoms with Crippen molar-refractivity contribution in [3.63, 3.8) is 0 Å². The van der Waals surface area contributed by atoms with Crippen LogP contribution in [0.5, 0.6) is 0 Å². The Labute approximate surface area is 189 Å². The third-order valence-electron chi connectivity index (χ3n) is 5.55. The van der Waals surface area contributed by atoms with Gasteiger partial charge in [0.1, 0.15) is 0 Å². The summed E-state index contributed by atoms with van der Waals surface area (Å²) in [5, 5.41) is 3.33. The highest BCUT2D eigenvalue weighted by Crippen LogP contribution is 2.49. The first kappa shape index (κ1) is 24.0. The van der Waals surface area contributed by atoms with E-state index in [4.69, 9.17) is 16.3 Å². The Kier molecular flexibility index (Phi) is 7.94. The maximum Gasteiger partial charge on any atom is 0.255 e. The van der Waals surface area contributed by atoms with Crippen LogP contribution in [0.1, 0.15) is 37.0 Å². The molecule has 4 unspecified atom stereocenters. The Bertz CT molecular complexity index is 935. The summed E-state index contributed by atoms with van der Waals surface area (Å²) in [6, 6.07) is 6.34. The first-order valence-electron chi connectivity index (χ1n) is 10.1. The fraction of sp³-hybridized carbons (Fsp3) is 0.435. The first-order chi connectivity index (χ1) is 14.7. The number of halogens is 4. The molecule has 1 aliphatic rings. The largest absolute Gasteiger partial charge is 0.384 e. The number of hydrogen-bond acceptors (Lipinski definition) is 3. The molecule has 31 heavy (non-hydrogen) atoms. The molecule has 1 saturated carbocycles. The highest BCUT2D eigenvalue weighted by Gasteiger charge is 2.39. The van der Waals surface area contributed by atoms with Gasteiger partial charge in [0, 0.05) is 47.2 Å². The summed E-state index contributed by atoms with van der Waals surface area (Å²) >= 11 is 8.04. The van der Waals surface area contributed by atoms with E-state index in [1.807, 2.05) is 0 Å². The van der Waals surface area contributed by atoms with Gasteiger partial charge in [0.05, 0.1) is 5.02 Å². The van der Waals surface area contributed by atoms with Crippen molar-refractivity contribution in [3.05, 3.63) is 58.4 Å². The number of ether oxygens (including phenoxy) is 1. The molecular weight excluding hydrogens is 447 g/mol. The Morgan fingerprint density at radius 1 is 1.26 bits per heavy atom. The lowest BCUT2D eigenvalue weighted by Crippen LogP contribution is -2.39. The van der Waals surface area contributed by atoms with E-state index in [9.17, 15) is 18.0 Å². The molecule has 0 bridgehead atoms. The quantitative estimate of drug-likeness (QED) is 0.430. The molecule has 1 fully saturated rings. The SMILES string of the molecule is COCC(C)CC1CC(C)C1Sc1cc(C(=O)Nc2cc(F)c(F)c(F)c2)ccc1Cl. The molecule has 0 saturated heterocycles. The van der Waals surface area contributed by atoms with Gasteiger partial charge in [0.15, 0.2) is 17.5 Å². The molecule has 0 heterocycles. The summed E-state index contributed by atoms with van der Waals surface area (Å²) in [6.07, 6.45) is 2.21. The van der Waals surface area contributed by atoms with Crippen molar-refractivity contribution in [1.82, 2.24) is 0 Å². The van der Waals surface area contributed by atoms with Gasteiger partial charge in [-0.15, -0.1) is 11.8 Å². The van der Waals surface area contributed by atoms with Crippen LogP contribution in [-0.2, 0) is 4.74 Å². The first-order valence-corrected chi connectivity index (χ1v) is 11.4. The summed E-state index contributed by atoms with van der Waals surface area (Å²) in [5.41, 5.74) is 0.138. The van der Waals surface area contributed by atoms with Crippen LogP contribution < -0.4 is 5.32 Å². The lowest BCUT2D eigenvalue weighted by atomic mass is 9.71. The fourth-order valence-corrected chi connectivity index (χ4v) is 5.72. The molecular formula is C23H25ClF3NO2S. The Hall–Kier alpha value is -1.70. The van der Waals surface area contributed by atoms with Crippen LogP contribution in [0.3, 0.4) is 0 Å². The highest BCUT2D eigenvalue weighted by atomic mass is 35.5. The third kappa shape index (κ3) is 5.76. The maximum absolute atomic E-state index is 13.4. The number of benzene rings is 2. The average Bonchev–Trinajstić information content (AvgIpc) is 2.71. The van der Waals surface area contributed by atoms with E-state index in [0.29, 0.717) is 33.6 Å². The molecule has 3 nitrogen and oxygen atoms in total. The Morgan fingerprint density at radius 2 is 1.94 bits per heavy atom. The summed E-state index contributed by atoms with van der Waals surface area (Å²) in [7, 11) is 1.71. The van der Waals surface area contributed by atoms with Crippen LogP contribution in [0, 0.1) is 35.2 Å². The van der Waals surface area contributed by atoms with Crippen LogP contribution in [0.2, 0.25) is 5.02 Å². The van der Waals surface area contributed by atoms with Gasteiger partial charge in [-0.1, -0.05) is 25.4 Å². The van der Waals surface area contributed by atoms with Gasteiger partial charge in [0.2, 0.25) is 0 Å². The number of carbonyl (C=O) groups is 1. The van der Waals surface area contributed by atoms with E-state index in [1.165, 1.54) is 0 Å². The molecule has 1 aliphatic carbocycles. The van der Waals surface area contributed by atoms with Gasteiger partial charge in [-0.25, -0.2) is 13.2 Å². The molecule has 0 aromatic heterocycles. The molecule has 4 atom stereocenters. The van der Waals surface area contributed by atoms with Crippen molar-refractivity contribution in [3.8, 4) is 0 Å². The maximum atomic E-state index is 13.4. The topological polar surface area (TPSA) is 38.3 Å². The lowest BCUT2D eigenvalue weighted by Gasteiger charge is -2.44. The predicted octanol–water partition coefficient (Wildman–Crippen LogP) is 6.80. The zero-order chi connectivity index (χ0) is 22.7. The number of hydrogen-bond donors (Lipinski definition) is 1. The molecule has 168 valence electrons. The minimum atomic E-state index is -1.58. The van der Waals surface area contributed by atoms with Gasteiger partial charge in [-0.05, 0) is 48.8 Å². The fourth-order valence-electron chi connectivity index (χ4n) is 4.04. The standard InChI is InChI=1S/C23H25ClF3NO2S/c1-12(11-30-3)6-15-7-13(2)22(15)31-20-8-14(4-5-17(20)24)23(29)28-16-9-18(25)21(27)19(26)10-16/h4-5,8-10,12-13,15,22H,6-7,11H2,1-3H3,(H,28,29). The number of anilines is 1. The molecule has 1 N–H and O–H groups in total. The second kappa shape index (κ2) is 10.3. The number of rotatable bonds is 8. The van der Waals surface area contributed by atoms with Crippen molar-refractivity contribution in [2.24, 2.45) is 17.8 Å². The molecule has 2 aromatic rings. The minimum Gasteiger partial charge on any atom is -0.384 e. The highest BCUT2D eigenvalue weighted by molar-refractivity contribution is 8.00. The monoisotopic (exact) mass is 471 g/mol. The van der Waals surface area contributed by atoms with E-state index in [-0.39, 0.29) is 5.69 Å². The van der Waals surface area contributed by atoms with Crippen LogP contribution in [0.25, 0.3) is 0 Å². The van der Waals surface area contributed by atoms with Gasteiger partial charge < -0.3 is 10.1 Å². The van der Waals surface area contributed by atoms with Crippen molar-refractivity contribution in [1.29, 1.82) is 0 Å². The van der Waals surface area contributed by atoms with Gasteiger partial charge in [-0.3, -0.25) is 4.79 Å². The van der Waals surface area contributed by atoms with Crippen LogP contribution >= 0.6 is 23.4 Å². The van der Waals surface area contributed by atoms with Crippen molar-refractivity contribution < 1.29 is 22.7 Å². The average molecular weight is 472 g/mol. The second-order valence-electron chi connectivity index (χ2n) is 8.20. The van der Waals surface area contributed by atoms with Crippen LogP contribution in [-0.4, -0.2) is 24.9 Å². The molecule has 2 aromatic carbocycles. The molecule has 0 radical (unpaired) electrons. The number of methoxy groups -OCH3 is 1. The van der Waals surface area contributed by atoms with Gasteiger partial charge >= 0.3 is 0 Å². The number of nitrogens with one attached hydrogen (secondary N) is 1. The molecule has 8 heteroatoms. The summed E-state index contributed by atoms with van der Waals surface area (Å²) in [4.78, 5) is 13.4. The lowest BCUT2D eigenvalue weighted by molar-refractivity contribution is 0.102. The zero-order valence-corrected chi connectivity index (χ0v) is 19.1. The predicted molar refractivity (Wildman–Crippen MR) is 118 cm³/mol. The van der Waals surface area contributed by atoms with E-state index in [0.717, 1.165) is 36.5 Å². The Balaban J connectivity index is 1.72. The third-order valence-corrected chi connectivity index (χ3v) is 7.71. The van der Waals surface area contributed by atoms with Crippen LogP contribution in [0.15, 0.2) is 35.2 Å². The van der Waals surface area contributed by atoms with Crippen molar-refractivity contribution in [2.45, 2.75) is 36.8 Å². The zero-order valence-electron chi connectivity index (χ0n) is 17.6. The number of carbonyl (C=O) groups excluding carboxylic acids is 1. The Morgan fingerprint density at radius 3 is 2.55 bits per heavy atom. The molecule has 0 spiro atoms. The summed E-state index contributed by atoms with van der Waals surface area (Å²) < 4.78 is 45.2. The van der Waals surface area contributed by atoms with Crippen molar-refractivity contribution in [2.75, 3.05) is 19.0 Å². The van der Waals surface area contributed by atoms with Crippen molar-refractivity contribution >= 4 is 35.0 Å². The second-order valence-corrected chi connectivity index (χ2v) is 9.83. The van der Waals surface area contributed by atoms with E-state index in [1.54, 1.807) is 37.1 Å². The summed E-state index contributed by atoms with van der Waals surface area (Å²) in [5.74, 6) is -3.32. The normalized spacial score (nSPS) is 21.5. The smallest absolute Gasteiger partial charge is 0.255 e. The van der Waals surface area contributed by atoms with E-state index >= 15 is 0 Å².